The van der Waals surface area contributed by atoms with Crippen LogP contribution in [0, 0.1) is 22.7 Å². The highest BCUT2D eigenvalue weighted by molar-refractivity contribution is 7.99. The predicted molar refractivity (Wildman–Crippen MR) is 129 cm³/mol. The van der Waals surface area contributed by atoms with Crippen LogP contribution >= 0.6 is 23.4 Å². The Bertz CT molecular complexity index is 1030. The predicted octanol–water partition coefficient (Wildman–Crippen LogP) is 5.42. The standard InChI is InChI=1S/C24H28ClN3O4S/c1-15(2)29-9-11-31-22-17(13-26)18(14-27)23(32-12-10-30-16(3)4)24(21(22)25)33-20-8-6-5-7-19(20)28/h5-8,15-16H,9-12,28H2,1-4H3. The van der Waals surface area contributed by atoms with Crippen molar-refractivity contribution >= 4 is 29.1 Å². The maximum Gasteiger partial charge on any atom is 0.158 e. The van der Waals surface area contributed by atoms with Crippen LogP contribution in [0.5, 0.6) is 11.5 Å². The van der Waals surface area contributed by atoms with Crippen molar-refractivity contribution in [2.75, 3.05) is 32.2 Å². The number of hydrogen-bond acceptors (Lipinski definition) is 8. The van der Waals surface area contributed by atoms with Crippen molar-refractivity contribution < 1.29 is 18.9 Å². The van der Waals surface area contributed by atoms with E-state index in [0.717, 1.165) is 4.90 Å². The third-order valence-electron chi connectivity index (χ3n) is 4.23. The number of halogens is 1. The molecule has 0 aliphatic carbocycles. The van der Waals surface area contributed by atoms with Gasteiger partial charge in [-0.3, -0.25) is 0 Å². The summed E-state index contributed by atoms with van der Waals surface area (Å²) in [6.07, 6.45) is 0.0641. The van der Waals surface area contributed by atoms with Gasteiger partial charge >= 0.3 is 0 Å². The van der Waals surface area contributed by atoms with Gasteiger partial charge in [0.2, 0.25) is 0 Å². The first-order valence-corrected chi connectivity index (χ1v) is 11.7. The fraction of sp³-hybridized carbons (Fsp3) is 0.417. The second-order valence-corrected chi connectivity index (χ2v) is 8.88. The summed E-state index contributed by atoms with van der Waals surface area (Å²) in [5.74, 6) is 0.316. The lowest BCUT2D eigenvalue weighted by molar-refractivity contribution is 0.0538. The first kappa shape index (κ1) is 26.6. The topological polar surface area (TPSA) is 111 Å². The molecule has 2 N–H and O–H groups in total. The number of benzene rings is 2. The zero-order valence-corrected chi connectivity index (χ0v) is 20.8. The molecule has 0 amide bonds. The monoisotopic (exact) mass is 489 g/mol. The van der Waals surface area contributed by atoms with Crippen LogP contribution in [0.25, 0.3) is 0 Å². The van der Waals surface area contributed by atoms with Crippen LogP contribution in [0.15, 0.2) is 34.1 Å². The van der Waals surface area contributed by atoms with Crippen molar-refractivity contribution in [3.05, 3.63) is 40.4 Å². The number of anilines is 1. The average Bonchev–Trinajstić information content (AvgIpc) is 2.77. The Balaban J connectivity index is 2.52. The highest BCUT2D eigenvalue weighted by atomic mass is 35.5. The van der Waals surface area contributed by atoms with Gasteiger partial charge < -0.3 is 24.7 Å². The average molecular weight is 490 g/mol. The Labute approximate surface area is 204 Å². The molecule has 0 saturated carbocycles. The van der Waals surface area contributed by atoms with Crippen molar-refractivity contribution in [2.45, 2.75) is 49.7 Å². The Morgan fingerprint density at radius 1 is 0.879 bits per heavy atom. The van der Waals surface area contributed by atoms with E-state index in [-0.39, 0.29) is 53.1 Å². The lowest BCUT2D eigenvalue weighted by Gasteiger charge is -2.20. The van der Waals surface area contributed by atoms with E-state index in [1.54, 1.807) is 6.07 Å². The van der Waals surface area contributed by atoms with E-state index >= 15 is 0 Å². The summed E-state index contributed by atoms with van der Waals surface area (Å²) in [4.78, 5) is 1.17. The van der Waals surface area contributed by atoms with Crippen molar-refractivity contribution in [1.82, 2.24) is 0 Å². The van der Waals surface area contributed by atoms with Gasteiger partial charge in [0.25, 0.3) is 0 Å². The van der Waals surface area contributed by atoms with Gasteiger partial charge in [-0.2, -0.15) is 10.5 Å². The molecule has 0 bridgehead atoms. The summed E-state index contributed by atoms with van der Waals surface area (Å²) in [6.45, 7) is 8.61. The van der Waals surface area contributed by atoms with E-state index in [2.05, 4.69) is 6.07 Å². The maximum absolute atomic E-state index is 9.91. The molecule has 0 radical (unpaired) electrons. The summed E-state index contributed by atoms with van der Waals surface area (Å²) in [5, 5.41) is 19.9. The highest BCUT2D eigenvalue weighted by Crippen LogP contribution is 2.49. The number of nitrogens with two attached hydrogens (primary N) is 1. The van der Waals surface area contributed by atoms with E-state index in [0.29, 0.717) is 23.8 Å². The largest absolute Gasteiger partial charge is 0.488 e. The molecule has 0 fully saturated rings. The molecule has 176 valence electrons. The van der Waals surface area contributed by atoms with Crippen LogP contribution in [-0.4, -0.2) is 38.6 Å². The fourth-order valence-corrected chi connectivity index (χ4v) is 4.11. The second-order valence-electron chi connectivity index (χ2n) is 7.45. The molecule has 0 spiro atoms. The molecule has 2 rings (SSSR count). The summed E-state index contributed by atoms with van der Waals surface area (Å²) >= 11 is 7.98. The number of nitriles is 2. The van der Waals surface area contributed by atoms with Crippen LogP contribution in [0.3, 0.4) is 0 Å². The van der Waals surface area contributed by atoms with Crippen molar-refractivity contribution in [3.8, 4) is 23.6 Å². The number of nitrogen functional groups attached to an aromatic ring is 1. The minimum absolute atomic E-state index is 0.0113. The minimum Gasteiger partial charge on any atom is -0.488 e. The normalized spacial score (nSPS) is 10.8. The van der Waals surface area contributed by atoms with Gasteiger partial charge in [0.1, 0.15) is 41.5 Å². The molecule has 0 heterocycles. The Morgan fingerprint density at radius 2 is 1.39 bits per heavy atom. The second kappa shape index (κ2) is 13.2. The first-order valence-electron chi connectivity index (χ1n) is 10.5. The van der Waals surface area contributed by atoms with E-state index in [9.17, 15) is 10.5 Å². The number of para-hydroxylation sites is 1. The lowest BCUT2D eigenvalue weighted by Crippen LogP contribution is -2.14. The Kier molecular flexibility index (Phi) is 10.6. The quantitative estimate of drug-likeness (QED) is 0.310. The van der Waals surface area contributed by atoms with Crippen LogP contribution in [0.4, 0.5) is 5.69 Å². The van der Waals surface area contributed by atoms with Gasteiger partial charge in [0.15, 0.2) is 11.5 Å². The lowest BCUT2D eigenvalue weighted by atomic mass is 10.1. The van der Waals surface area contributed by atoms with Crippen LogP contribution in [-0.2, 0) is 9.47 Å². The molecule has 0 atom stereocenters. The zero-order valence-electron chi connectivity index (χ0n) is 19.2. The molecule has 2 aromatic rings. The smallest absolute Gasteiger partial charge is 0.158 e. The van der Waals surface area contributed by atoms with Gasteiger partial charge in [-0.05, 0) is 39.8 Å². The molecule has 0 saturated heterocycles. The molecule has 9 heteroatoms. The molecule has 0 unspecified atom stereocenters. The van der Waals surface area contributed by atoms with Crippen molar-refractivity contribution in [2.24, 2.45) is 0 Å². The summed E-state index contributed by atoms with van der Waals surface area (Å²) < 4.78 is 22.8. The minimum atomic E-state index is 0.0113. The van der Waals surface area contributed by atoms with E-state index in [1.165, 1.54) is 11.8 Å². The van der Waals surface area contributed by atoms with E-state index < -0.39 is 0 Å². The molecule has 0 aromatic heterocycles. The first-order chi connectivity index (χ1) is 15.8. The number of nitrogens with zero attached hydrogens (tertiary/aromatic N) is 2. The molecular weight excluding hydrogens is 462 g/mol. The number of ether oxygens (including phenoxy) is 4. The molecule has 0 aliphatic heterocycles. The summed E-state index contributed by atoms with van der Waals surface area (Å²) in [5.41, 5.74) is 6.73. The van der Waals surface area contributed by atoms with Crippen molar-refractivity contribution in [1.29, 1.82) is 10.5 Å². The summed E-state index contributed by atoms with van der Waals surface area (Å²) in [6, 6.07) is 11.4. The highest BCUT2D eigenvalue weighted by Gasteiger charge is 2.27. The van der Waals surface area contributed by atoms with Gasteiger partial charge in [0.05, 0.1) is 30.3 Å². The SMILES string of the molecule is CC(C)OCCOc1c(Cl)c(Sc2ccccc2N)c(OCCOC(C)C)c(C#N)c1C#N. The van der Waals surface area contributed by atoms with Gasteiger partial charge in [-0.25, -0.2) is 0 Å². The van der Waals surface area contributed by atoms with Crippen LogP contribution in [0.1, 0.15) is 38.8 Å². The maximum atomic E-state index is 9.91. The molecule has 0 aliphatic rings. The van der Waals surface area contributed by atoms with Crippen LogP contribution < -0.4 is 15.2 Å². The third-order valence-corrected chi connectivity index (χ3v) is 5.88. The molecular formula is C24H28ClN3O4S. The van der Waals surface area contributed by atoms with Gasteiger partial charge in [-0.1, -0.05) is 35.5 Å². The Morgan fingerprint density at radius 3 is 1.91 bits per heavy atom. The summed E-state index contributed by atoms with van der Waals surface area (Å²) in [7, 11) is 0. The van der Waals surface area contributed by atoms with E-state index in [1.807, 2.05) is 52.0 Å². The van der Waals surface area contributed by atoms with E-state index in [4.69, 9.17) is 36.3 Å². The third kappa shape index (κ3) is 7.45. The zero-order chi connectivity index (χ0) is 24.4. The Hall–Kier alpha value is -2.62. The van der Waals surface area contributed by atoms with Crippen molar-refractivity contribution in [3.63, 3.8) is 0 Å². The molecule has 7 nitrogen and oxygen atoms in total. The number of hydrogen-bond donors (Lipinski definition) is 1. The van der Waals surface area contributed by atoms with Gasteiger partial charge in [-0.15, -0.1) is 0 Å². The number of rotatable bonds is 12. The van der Waals surface area contributed by atoms with Gasteiger partial charge in [0, 0.05) is 10.6 Å². The molecule has 33 heavy (non-hydrogen) atoms. The molecule has 2 aromatic carbocycles. The fourth-order valence-electron chi connectivity index (χ4n) is 2.77. The van der Waals surface area contributed by atoms with Crippen LogP contribution in [0.2, 0.25) is 5.02 Å².